The topological polar surface area (TPSA) is 48.3 Å². The highest BCUT2D eigenvalue weighted by Gasteiger charge is 2.23. The quantitative estimate of drug-likeness (QED) is 0.628. The van der Waals surface area contributed by atoms with Crippen LogP contribution in [0, 0.1) is 5.41 Å². The molecule has 0 spiro atoms. The summed E-state index contributed by atoms with van der Waals surface area (Å²) in [6.07, 6.45) is 0. The van der Waals surface area contributed by atoms with Crippen molar-refractivity contribution in [1.82, 2.24) is 4.57 Å². The van der Waals surface area contributed by atoms with Gasteiger partial charge in [0, 0.05) is 11.4 Å². The Labute approximate surface area is 131 Å². The van der Waals surface area contributed by atoms with Crippen molar-refractivity contribution >= 4 is 32.8 Å². The molecule has 0 amide bonds. The highest BCUT2D eigenvalue weighted by atomic mass is 79.9. The lowest BCUT2D eigenvalue weighted by Gasteiger charge is -2.18. The second kappa shape index (κ2) is 6.02. The number of aromatic nitrogens is 1. The molecule has 112 valence electrons. The molecule has 0 fully saturated rings. The first-order valence-electron chi connectivity index (χ1n) is 6.68. The van der Waals surface area contributed by atoms with Gasteiger partial charge in [0.1, 0.15) is 0 Å². The summed E-state index contributed by atoms with van der Waals surface area (Å²) >= 11 is 3.41. The molecule has 21 heavy (non-hydrogen) atoms. The Morgan fingerprint density at radius 2 is 1.95 bits per heavy atom. The van der Waals surface area contributed by atoms with Crippen molar-refractivity contribution in [2.45, 2.75) is 32.8 Å². The summed E-state index contributed by atoms with van der Waals surface area (Å²) < 4.78 is 6.72. The summed E-state index contributed by atoms with van der Waals surface area (Å²) in [4.78, 5) is 23.9. The SMILES string of the molecule is CC(C)(C)C(=O)OCn1c(=O)ccc2cc(CBr)ccc21. The average Bonchev–Trinajstić information content (AvgIpc) is 2.44. The molecule has 2 rings (SSSR count). The van der Waals surface area contributed by atoms with Crippen LogP contribution in [0.2, 0.25) is 0 Å². The van der Waals surface area contributed by atoms with Gasteiger partial charge >= 0.3 is 5.97 Å². The third-order valence-electron chi connectivity index (χ3n) is 3.15. The second-order valence-corrected chi connectivity index (χ2v) is 6.50. The number of fused-ring (bicyclic) bond motifs is 1. The molecule has 0 atom stereocenters. The number of ether oxygens (including phenoxy) is 1. The minimum Gasteiger partial charge on any atom is -0.443 e. The number of carbonyl (C=O) groups excluding carboxylic acids is 1. The van der Waals surface area contributed by atoms with Gasteiger partial charge in [-0.15, -0.1) is 0 Å². The number of rotatable bonds is 3. The molecule has 0 bridgehead atoms. The fraction of sp³-hybridized carbons (Fsp3) is 0.375. The van der Waals surface area contributed by atoms with Gasteiger partial charge in [-0.3, -0.25) is 14.2 Å². The number of benzene rings is 1. The van der Waals surface area contributed by atoms with Crippen LogP contribution in [0.5, 0.6) is 0 Å². The van der Waals surface area contributed by atoms with Gasteiger partial charge in [0.15, 0.2) is 6.73 Å². The lowest BCUT2D eigenvalue weighted by molar-refractivity contribution is -0.156. The zero-order valence-corrected chi connectivity index (χ0v) is 13.9. The maximum Gasteiger partial charge on any atom is 0.312 e. The lowest BCUT2D eigenvalue weighted by atomic mass is 9.98. The third-order valence-corrected chi connectivity index (χ3v) is 3.79. The predicted octanol–water partition coefficient (Wildman–Crippen LogP) is 3.44. The zero-order valence-electron chi connectivity index (χ0n) is 12.4. The number of pyridine rings is 1. The lowest BCUT2D eigenvalue weighted by Crippen LogP contribution is -2.27. The molecule has 0 unspecified atom stereocenters. The van der Waals surface area contributed by atoms with E-state index >= 15 is 0 Å². The number of alkyl halides is 1. The Bertz CT molecular complexity index is 728. The average molecular weight is 352 g/mol. The zero-order chi connectivity index (χ0) is 15.6. The molecule has 0 saturated heterocycles. The van der Waals surface area contributed by atoms with E-state index in [-0.39, 0.29) is 18.3 Å². The largest absolute Gasteiger partial charge is 0.443 e. The van der Waals surface area contributed by atoms with Crippen molar-refractivity contribution in [1.29, 1.82) is 0 Å². The number of halogens is 1. The van der Waals surface area contributed by atoms with E-state index in [1.54, 1.807) is 26.8 Å². The summed E-state index contributed by atoms with van der Waals surface area (Å²) in [6, 6.07) is 9.10. The highest BCUT2D eigenvalue weighted by Crippen LogP contribution is 2.18. The van der Waals surface area contributed by atoms with Gasteiger partial charge in [0.05, 0.1) is 10.9 Å². The van der Waals surface area contributed by atoms with Crippen LogP contribution in [0.1, 0.15) is 26.3 Å². The first-order chi connectivity index (χ1) is 9.82. The molecule has 0 radical (unpaired) electrons. The van der Waals surface area contributed by atoms with Gasteiger partial charge < -0.3 is 4.74 Å². The molecule has 1 aromatic heterocycles. The van der Waals surface area contributed by atoms with Crippen LogP contribution in [0.4, 0.5) is 0 Å². The standard InChI is InChI=1S/C16H18BrNO3/c1-16(2,3)15(20)21-10-18-13-6-4-11(9-17)8-12(13)5-7-14(18)19/h4-8H,9-10H2,1-3H3. The van der Waals surface area contributed by atoms with Crippen LogP contribution in [-0.4, -0.2) is 10.5 Å². The molecule has 0 aliphatic rings. The summed E-state index contributed by atoms with van der Waals surface area (Å²) in [6.45, 7) is 5.27. The van der Waals surface area contributed by atoms with E-state index in [2.05, 4.69) is 15.9 Å². The number of hydrogen-bond acceptors (Lipinski definition) is 3. The summed E-state index contributed by atoms with van der Waals surface area (Å²) in [5.41, 5.74) is 1.11. The van der Waals surface area contributed by atoms with E-state index in [0.717, 1.165) is 21.8 Å². The summed E-state index contributed by atoms with van der Waals surface area (Å²) in [5, 5.41) is 1.69. The van der Waals surface area contributed by atoms with Crippen molar-refractivity contribution < 1.29 is 9.53 Å². The normalized spacial score (nSPS) is 11.6. The maximum atomic E-state index is 12.0. The van der Waals surface area contributed by atoms with Gasteiger partial charge in [-0.25, -0.2) is 0 Å². The van der Waals surface area contributed by atoms with Crippen molar-refractivity contribution in [2.75, 3.05) is 0 Å². The number of esters is 1. The molecule has 1 aromatic carbocycles. The molecular weight excluding hydrogens is 334 g/mol. The fourth-order valence-corrected chi connectivity index (χ4v) is 2.26. The first kappa shape index (κ1) is 15.8. The first-order valence-corrected chi connectivity index (χ1v) is 7.81. The van der Waals surface area contributed by atoms with E-state index in [1.807, 2.05) is 18.2 Å². The molecule has 1 heterocycles. The Hall–Kier alpha value is -1.62. The van der Waals surface area contributed by atoms with Gasteiger partial charge in [-0.1, -0.05) is 22.0 Å². The Kier molecular flexibility index (Phi) is 4.52. The van der Waals surface area contributed by atoms with Gasteiger partial charge in [0.25, 0.3) is 5.56 Å². The van der Waals surface area contributed by atoms with Crippen molar-refractivity contribution in [3.63, 3.8) is 0 Å². The van der Waals surface area contributed by atoms with E-state index in [9.17, 15) is 9.59 Å². The molecule has 0 aliphatic heterocycles. The predicted molar refractivity (Wildman–Crippen MR) is 86.4 cm³/mol. The minimum atomic E-state index is -0.586. The molecule has 2 aromatic rings. The van der Waals surface area contributed by atoms with E-state index < -0.39 is 5.41 Å². The second-order valence-electron chi connectivity index (χ2n) is 5.94. The van der Waals surface area contributed by atoms with Crippen LogP contribution in [0.3, 0.4) is 0 Å². The molecule has 0 saturated carbocycles. The van der Waals surface area contributed by atoms with E-state index in [1.165, 1.54) is 10.6 Å². The smallest absolute Gasteiger partial charge is 0.312 e. The van der Waals surface area contributed by atoms with E-state index in [4.69, 9.17) is 4.74 Å². The highest BCUT2D eigenvalue weighted by molar-refractivity contribution is 9.08. The van der Waals surface area contributed by atoms with Crippen molar-refractivity contribution in [2.24, 2.45) is 5.41 Å². The Morgan fingerprint density at radius 3 is 2.57 bits per heavy atom. The number of nitrogens with zero attached hydrogens (tertiary/aromatic N) is 1. The van der Waals surface area contributed by atoms with Crippen molar-refractivity contribution in [3.8, 4) is 0 Å². The molecule has 4 nitrogen and oxygen atoms in total. The maximum absolute atomic E-state index is 12.0. The minimum absolute atomic E-state index is 0.0695. The van der Waals surface area contributed by atoms with E-state index in [0.29, 0.717) is 0 Å². The molecule has 5 heteroatoms. The van der Waals surface area contributed by atoms with Crippen LogP contribution >= 0.6 is 15.9 Å². The van der Waals surface area contributed by atoms with Crippen LogP contribution in [0.15, 0.2) is 35.1 Å². The fourth-order valence-electron chi connectivity index (χ4n) is 1.91. The Balaban J connectivity index is 2.37. The van der Waals surface area contributed by atoms with Crippen molar-refractivity contribution in [3.05, 3.63) is 46.2 Å². The third kappa shape index (κ3) is 3.53. The van der Waals surface area contributed by atoms with Gasteiger partial charge in [0.2, 0.25) is 0 Å². The van der Waals surface area contributed by atoms with Crippen LogP contribution < -0.4 is 5.56 Å². The summed E-state index contributed by atoms with van der Waals surface area (Å²) in [5.74, 6) is -0.330. The summed E-state index contributed by atoms with van der Waals surface area (Å²) in [7, 11) is 0. The van der Waals surface area contributed by atoms with Gasteiger partial charge in [-0.05, 0) is 49.9 Å². The number of hydrogen-bond donors (Lipinski definition) is 0. The molecule has 0 aliphatic carbocycles. The molecular formula is C16H18BrNO3. The number of carbonyl (C=O) groups is 1. The molecule has 0 N–H and O–H groups in total. The van der Waals surface area contributed by atoms with Crippen LogP contribution in [-0.2, 0) is 21.6 Å². The van der Waals surface area contributed by atoms with Gasteiger partial charge in [-0.2, -0.15) is 0 Å². The van der Waals surface area contributed by atoms with Crippen LogP contribution in [0.25, 0.3) is 10.9 Å². The Morgan fingerprint density at radius 1 is 1.24 bits per heavy atom. The monoisotopic (exact) mass is 351 g/mol.